The number of likely N-dealkylation sites (tertiary alicyclic amines) is 1. The van der Waals surface area contributed by atoms with Crippen molar-refractivity contribution in [3.8, 4) is 0 Å². The smallest absolute Gasteiger partial charge is 0.271 e. The summed E-state index contributed by atoms with van der Waals surface area (Å²) in [4.78, 5) is 31.5. The Morgan fingerprint density at radius 1 is 1.30 bits per heavy atom. The predicted octanol–water partition coefficient (Wildman–Crippen LogP) is 2.88. The molecule has 5 nitrogen and oxygen atoms in total. The number of carbonyl (C=O) groups is 1. The number of thioether (sulfide) groups is 1. The molecule has 1 amide bonds. The fourth-order valence-corrected chi connectivity index (χ4v) is 4.59. The zero-order valence-electron chi connectivity index (χ0n) is 13.4. The van der Waals surface area contributed by atoms with Crippen LogP contribution in [0.2, 0.25) is 0 Å². The molecule has 3 heterocycles. The van der Waals surface area contributed by atoms with E-state index in [0.717, 1.165) is 31.4 Å². The minimum atomic E-state index is -0.234. The lowest BCUT2D eigenvalue weighted by Crippen LogP contribution is -2.37. The van der Waals surface area contributed by atoms with Crippen molar-refractivity contribution in [2.45, 2.75) is 43.0 Å². The van der Waals surface area contributed by atoms with Crippen molar-refractivity contribution < 1.29 is 4.79 Å². The number of thiophene rings is 1. The van der Waals surface area contributed by atoms with Gasteiger partial charge in [0.05, 0.1) is 10.8 Å². The van der Waals surface area contributed by atoms with Crippen LogP contribution in [-0.4, -0.2) is 38.7 Å². The van der Waals surface area contributed by atoms with Gasteiger partial charge in [0.25, 0.3) is 5.56 Å². The second-order valence-corrected chi connectivity index (χ2v) is 8.12. The van der Waals surface area contributed by atoms with E-state index in [4.69, 9.17) is 0 Å². The van der Waals surface area contributed by atoms with Crippen molar-refractivity contribution in [1.82, 2.24) is 14.5 Å². The van der Waals surface area contributed by atoms with E-state index < -0.39 is 0 Å². The van der Waals surface area contributed by atoms with Crippen LogP contribution in [0.25, 0.3) is 10.2 Å². The van der Waals surface area contributed by atoms with E-state index in [9.17, 15) is 9.59 Å². The summed E-state index contributed by atoms with van der Waals surface area (Å²) in [6, 6.07) is 1.85. The summed E-state index contributed by atoms with van der Waals surface area (Å²) >= 11 is 2.78. The predicted molar refractivity (Wildman–Crippen MR) is 95.2 cm³/mol. The van der Waals surface area contributed by atoms with Crippen molar-refractivity contribution >= 4 is 39.2 Å². The van der Waals surface area contributed by atoms with Gasteiger partial charge >= 0.3 is 0 Å². The van der Waals surface area contributed by atoms with Gasteiger partial charge in [0.1, 0.15) is 4.70 Å². The highest BCUT2D eigenvalue weighted by Crippen LogP contribution is 2.25. The Hall–Kier alpha value is -1.34. The molecule has 0 N–H and O–H groups in total. The Morgan fingerprint density at radius 2 is 2.00 bits per heavy atom. The molecule has 0 radical (unpaired) electrons. The van der Waals surface area contributed by atoms with E-state index in [2.05, 4.69) is 4.98 Å². The van der Waals surface area contributed by atoms with Gasteiger partial charge in [-0.15, -0.1) is 11.3 Å². The fraction of sp³-hybridized carbons (Fsp3) is 0.562. The lowest BCUT2D eigenvalue weighted by atomic mass is 10.2. The summed E-state index contributed by atoms with van der Waals surface area (Å²) in [7, 11) is 1.72. The molecule has 3 rings (SSSR count). The average molecular weight is 351 g/mol. The summed E-state index contributed by atoms with van der Waals surface area (Å²) in [5.74, 6) is 0.150. The number of nitrogens with zero attached hydrogens (tertiary/aromatic N) is 3. The quantitative estimate of drug-likeness (QED) is 0.630. The largest absolute Gasteiger partial charge is 0.342 e. The number of hydrogen-bond donors (Lipinski definition) is 0. The molecule has 0 bridgehead atoms. The number of amides is 1. The van der Waals surface area contributed by atoms with Crippen molar-refractivity contribution in [2.75, 3.05) is 13.1 Å². The van der Waals surface area contributed by atoms with E-state index in [1.54, 1.807) is 11.6 Å². The minimum Gasteiger partial charge on any atom is -0.342 e. The maximum Gasteiger partial charge on any atom is 0.271 e. The Balaban J connectivity index is 1.79. The molecule has 124 valence electrons. The molecule has 1 aliphatic heterocycles. The summed E-state index contributed by atoms with van der Waals surface area (Å²) in [6.07, 6.45) is 4.58. The SMILES string of the molecule is CC(Sc1nc2ccsc2c(=O)n1C)C(=O)N1CCCCCC1. The van der Waals surface area contributed by atoms with E-state index in [1.807, 2.05) is 23.3 Å². The van der Waals surface area contributed by atoms with Gasteiger partial charge < -0.3 is 4.90 Å². The zero-order valence-corrected chi connectivity index (χ0v) is 15.1. The van der Waals surface area contributed by atoms with Gasteiger partial charge in [0, 0.05) is 20.1 Å². The van der Waals surface area contributed by atoms with Gasteiger partial charge in [-0.1, -0.05) is 24.6 Å². The Morgan fingerprint density at radius 3 is 2.70 bits per heavy atom. The molecular formula is C16H21N3O2S2. The fourth-order valence-electron chi connectivity index (χ4n) is 2.83. The topological polar surface area (TPSA) is 55.2 Å². The first kappa shape index (κ1) is 16.5. The number of hydrogen-bond acceptors (Lipinski definition) is 5. The van der Waals surface area contributed by atoms with Gasteiger partial charge in [-0.2, -0.15) is 0 Å². The normalized spacial score (nSPS) is 17.2. The van der Waals surface area contributed by atoms with Gasteiger partial charge in [-0.25, -0.2) is 4.98 Å². The van der Waals surface area contributed by atoms with Gasteiger partial charge in [-0.3, -0.25) is 14.2 Å². The Kier molecular flexibility index (Phi) is 5.06. The molecule has 2 aromatic rings. The van der Waals surface area contributed by atoms with Crippen LogP contribution in [0.1, 0.15) is 32.6 Å². The van der Waals surface area contributed by atoms with Gasteiger partial charge in [0.15, 0.2) is 5.16 Å². The highest BCUT2D eigenvalue weighted by Gasteiger charge is 2.24. The lowest BCUT2D eigenvalue weighted by Gasteiger charge is -2.23. The number of aromatic nitrogens is 2. The monoisotopic (exact) mass is 351 g/mol. The van der Waals surface area contributed by atoms with E-state index in [0.29, 0.717) is 9.86 Å². The summed E-state index contributed by atoms with van der Waals surface area (Å²) < 4.78 is 2.22. The van der Waals surface area contributed by atoms with Crippen molar-refractivity contribution in [3.63, 3.8) is 0 Å². The number of rotatable bonds is 3. The lowest BCUT2D eigenvalue weighted by molar-refractivity contribution is -0.130. The summed E-state index contributed by atoms with van der Waals surface area (Å²) in [6.45, 7) is 3.60. The maximum absolute atomic E-state index is 12.7. The van der Waals surface area contributed by atoms with Crippen molar-refractivity contribution in [1.29, 1.82) is 0 Å². The Bertz CT molecular complexity index is 760. The van der Waals surface area contributed by atoms with Crippen LogP contribution in [0.3, 0.4) is 0 Å². The standard InChI is InChI=1S/C16H21N3O2S2/c1-11(14(20)19-8-5-3-4-6-9-19)23-16-17-12-7-10-22-13(12)15(21)18(16)2/h7,10-11H,3-6,8-9H2,1-2H3. The van der Waals surface area contributed by atoms with Crippen LogP contribution in [0.5, 0.6) is 0 Å². The van der Waals surface area contributed by atoms with E-state index >= 15 is 0 Å². The van der Waals surface area contributed by atoms with Gasteiger partial charge in [-0.05, 0) is 31.2 Å². The molecule has 0 spiro atoms. The van der Waals surface area contributed by atoms with E-state index in [-0.39, 0.29) is 16.7 Å². The molecule has 7 heteroatoms. The first-order valence-corrected chi connectivity index (χ1v) is 9.73. The second-order valence-electron chi connectivity index (χ2n) is 5.89. The average Bonchev–Trinajstić information content (AvgIpc) is 2.84. The molecule has 1 aliphatic rings. The van der Waals surface area contributed by atoms with Crippen molar-refractivity contribution in [3.05, 3.63) is 21.8 Å². The second kappa shape index (κ2) is 7.05. The first-order valence-electron chi connectivity index (χ1n) is 7.97. The third-order valence-electron chi connectivity index (χ3n) is 4.19. The molecule has 0 saturated carbocycles. The molecule has 1 unspecified atom stereocenters. The van der Waals surface area contributed by atoms with Crippen LogP contribution in [0.4, 0.5) is 0 Å². The summed E-state index contributed by atoms with van der Waals surface area (Å²) in [5, 5.41) is 2.25. The first-order chi connectivity index (χ1) is 11.1. The van der Waals surface area contributed by atoms with Crippen LogP contribution >= 0.6 is 23.1 Å². The molecule has 1 saturated heterocycles. The van der Waals surface area contributed by atoms with Crippen LogP contribution in [0.15, 0.2) is 21.4 Å². The molecule has 0 aromatic carbocycles. The Labute approximate surface area is 143 Å². The third kappa shape index (κ3) is 3.45. The maximum atomic E-state index is 12.7. The molecule has 1 fully saturated rings. The number of carbonyl (C=O) groups excluding carboxylic acids is 1. The molecule has 0 aliphatic carbocycles. The highest BCUT2D eigenvalue weighted by atomic mass is 32.2. The minimum absolute atomic E-state index is 0.0399. The van der Waals surface area contributed by atoms with Gasteiger partial charge in [0.2, 0.25) is 5.91 Å². The highest BCUT2D eigenvalue weighted by molar-refractivity contribution is 8.00. The van der Waals surface area contributed by atoms with Crippen LogP contribution in [-0.2, 0) is 11.8 Å². The summed E-state index contributed by atoms with van der Waals surface area (Å²) in [5.41, 5.74) is 0.678. The molecular weight excluding hydrogens is 330 g/mol. The molecule has 1 atom stereocenters. The molecule has 2 aromatic heterocycles. The van der Waals surface area contributed by atoms with Crippen LogP contribution in [0, 0.1) is 0 Å². The van der Waals surface area contributed by atoms with E-state index in [1.165, 1.54) is 35.9 Å². The number of fused-ring (bicyclic) bond motifs is 1. The van der Waals surface area contributed by atoms with Crippen LogP contribution < -0.4 is 5.56 Å². The third-order valence-corrected chi connectivity index (χ3v) is 6.22. The zero-order chi connectivity index (χ0) is 16.4. The molecule has 23 heavy (non-hydrogen) atoms. The van der Waals surface area contributed by atoms with Crippen molar-refractivity contribution in [2.24, 2.45) is 7.05 Å².